The van der Waals surface area contributed by atoms with Crippen molar-refractivity contribution in [1.29, 1.82) is 0 Å². The van der Waals surface area contributed by atoms with E-state index in [0.717, 1.165) is 24.3 Å². The third kappa shape index (κ3) is 3.74. The van der Waals surface area contributed by atoms with Crippen molar-refractivity contribution in [2.45, 2.75) is 32.8 Å². The van der Waals surface area contributed by atoms with Crippen LogP contribution in [0.2, 0.25) is 0 Å². The van der Waals surface area contributed by atoms with Crippen LogP contribution in [0, 0.1) is 0 Å². The maximum atomic E-state index is 5.61. The van der Waals surface area contributed by atoms with E-state index in [0.29, 0.717) is 5.13 Å². The Balaban J connectivity index is 1.90. The van der Waals surface area contributed by atoms with Crippen LogP contribution in [-0.2, 0) is 12.8 Å². The third-order valence-electron chi connectivity index (χ3n) is 2.53. The standard InChI is InChI=1S/C14H18N2OS/c1-10(2)17-13-7-4-11(5-8-13)3-6-12-9-18-14(15)16-12/h4-5,7-10H,3,6H2,1-2H3,(H2,15,16). The summed E-state index contributed by atoms with van der Waals surface area (Å²) in [5.74, 6) is 0.923. The Bertz CT molecular complexity index is 491. The molecule has 0 aliphatic carbocycles. The molecule has 18 heavy (non-hydrogen) atoms. The van der Waals surface area contributed by atoms with Gasteiger partial charge in [-0.05, 0) is 44.4 Å². The van der Waals surface area contributed by atoms with Crippen molar-refractivity contribution in [2.24, 2.45) is 0 Å². The predicted molar refractivity (Wildman–Crippen MR) is 76.1 cm³/mol. The number of rotatable bonds is 5. The fourth-order valence-electron chi connectivity index (χ4n) is 1.72. The van der Waals surface area contributed by atoms with Crippen molar-refractivity contribution < 1.29 is 4.74 Å². The molecule has 0 aliphatic rings. The third-order valence-corrected chi connectivity index (χ3v) is 3.26. The molecule has 1 heterocycles. The summed E-state index contributed by atoms with van der Waals surface area (Å²) in [5.41, 5.74) is 7.96. The summed E-state index contributed by atoms with van der Waals surface area (Å²) in [4.78, 5) is 4.25. The molecule has 0 amide bonds. The Morgan fingerprint density at radius 1 is 1.22 bits per heavy atom. The van der Waals surface area contributed by atoms with Gasteiger partial charge in [0.2, 0.25) is 0 Å². The number of nitrogen functional groups attached to an aromatic ring is 1. The molecule has 0 radical (unpaired) electrons. The second kappa shape index (κ2) is 5.87. The van der Waals surface area contributed by atoms with Crippen molar-refractivity contribution in [1.82, 2.24) is 4.98 Å². The molecular formula is C14H18N2OS. The Morgan fingerprint density at radius 3 is 2.50 bits per heavy atom. The van der Waals surface area contributed by atoms with Gasteiger partial charge in [-0.2, -0.15) is 0 Å². The summed E-state index contributed by atoms with van der Waals surface area (Å²) >= 11 is 1.50. The largest absolute Gasteiger partial charge is 0.491 e. The van der Waals surface area contributed by atoms with Crippen molar-refractivity contribution in [2.75, 3.05) is 5.73 Å². The molecule has 0 saturated carbocycles. The van der Waals surface area contributed by atoms with Gasteiger partial charge >= 0.3 is 0 Å². The quantitative estimate of drug-likeness (QED) is 0.899. The van der Waals surface area contributed by atoms with E-state index in [-0.39, 0.29) is 6.10 Å². The lowest BCUT2D eigenvalue weighted by Crippen LogP contribution is -2.05. The Kier molecular flexibility index (Phi) is 4.20. The highest BCUT2D eigenvalue weighted by Crippen LogP contribution is 2.16. The topological polar surface area (TPSA) is 48.1 Å². The lowest BCUT2D eigenvalue weighted by molar-refractivity contribution is 0.242. The van der Waals surface area contributed by atoms with E-state index in [1.165, 1.54) is 16.9 Å². The molecular weight excluding hydrogens is 244 g/mol. The maximum Gasteiger partial charge on any atom is 0.180 e. The molecule has 4 heteroatoms. The lowest BCUT2D eigenvalue weighted by atomic mass is 10.1. The van der Waals surface area contributed by atoms with Gasteiger partial charge in [0.1, 0.15) is 5.75 Å². The van der Waals surface area contributed by atoms with Crippen LogP contribution in [0.25, 0.3) is 0 Å². The van der Waals surface area contributed by atoms with Gasteiger partial charge in [-0.25, -0.2) is 4.98 Å². The molecule has 2 rings (SSSR count). The van der Waals surface area contributed by atoms with Crippen molar-refractivity contribution in [3.05, 3.63) is 40.9 Å². The second-order valence-corrected chi connectivity index (χ2v) is 5.38. The Labute approximate surface area is 112 Å². The smallest absolute Gasteiger partial charge is 0.180 e. The molecule has 0 unspecified atom stereocenters. The summed E-state index contributed by atoms with van der Waals surface area (Å²) in [6.07, 6.45) is 2.12. The van der Waals surface area contributed by atoms with Gasteiger partial charge in [0.15, 0.2) is 5.13 Å². The number of benzene rings is 1. The Hall–Kier alpha value is -1.55. The van der Waals surface area contributed by atoms with Crippen LogP contribution < -0.4 is 10.5 Å². The number of anilines is 1. The van der Waals surface area contributed by atoms with Crippen LogP contribution in [-0.4, -0.2) is 11.1 Å². The summed E-state index contributed by atoms with van der Waals surface area (Å²) < 4.78 is 5.61. The fourth-order valence-corrected chi connectivity index (χ4v) is 2.31. The van der Waals surface area contributed by atoms with Gasteiger partial charge in [0, 0.05) is 5.38 Å². The summed E-state index contributed by atoms with van der Waals surface area (Å²) in [5, 5.41) is 2.66. The molecule has 1 aromatic carbocycles. The van der Waals surface area contributed by atoms with Crippen LogP contribution >= 0.6 is 11.3 Å². The van der Waals surface area contributed by atoms with Gasteiger partial charge in [0.05, 0.1) is 11.8 Å². The van der Waals surface area contributed by atoms with E-state index in [2.05, 4.69) is 17.1 Å². The number of hydrogen-bond donors (Lipinski definition) is 1. The van der Waals surface area contributed by atoms with E-state index in [4.69, 9.17) is 10.5 Å². The van der Waals surface area contributed by atoms with Gasteiger partial charge in [-0.1, -0.05) is 12.1 Å². The zero-order chi connectivity index (χ0) is 13.0. The maximum absolute atomic E-state index is 5.61. The van der Waals surface area contributed by atoms with Crippen LogP contribution in [0.3, 0.4) is 0 Å². The first-order valence-corrected chi connectivity index (χ1v) is 6.97. The van der Waals surface area contributed by atoms with Crippen LogP contribution in [0.4, 0.5) is 5.13 Å². The van der Waals surface area contributed by atoms with Crippen LogP contribution in [0.15, 0.2) is 29.6 Å². The number of hydrogen-bond acceptors (Lipinski definition) is 4. The number of thiazole rings is 1. The number of aromatic nitrogens is 1. The van der Waals surface area contributed by atoms with E-state index in [1.54, 1.807) is 0 Å². The zero-order valence-electron chi connectivity index (χ0n) is 10.7. The van der Waals surface area contributed by atoms with Crippen molar-refractivity contribution >= 4 is 16.5 Å². The molecule has 0 saturated heterocycles. The highest BCUT2D eigenvalue weighted by Gasteiger charge is 2.01. The first-order valence-electron chi connectivity index (χ1n) is 6.09. The first-order chi connectivity index (χ1) is 8.63. The first kappa shape index (κ1) is 12.9. The van der Waals surface area contributed by atoms with E-state index in [1.807, 2.05) is 31.4 Å². The Morgan fingerprint density at radius 2 is 1.94 bits per heavy atom. The summed E-state index contributed by atoms with van der Waals surface area (Å²) in [7, 11) is 0. The average Bonchev–Trinajstić information content (AvgIpc) is 2.74. The van der Waals surface area contributed by atoms with E-state index in [9.17, 15) is 0 Å². The minimum Gasteiger partial charge on any atom is -0.491 e. The summed E-state index contributed by atoms with van der Waals surface area (Å²) in [6.45, 7) is 4.06. The molecule has 96 valence electrons. The van der Waals surface area contributed by atoms with Gasteiger partial charge in [-0.15, -0.1) is 11.3 Å². The molecule has 0 aliphatic heterocycles. The highest BCUT2D eigenvalue weighted by molar-refractivity contribution is 7.13. The average molecular weight is 262 g/mol. The number of ether oxygens (including phenoxy) is 1. The van der Waals surface area contributed by atoms with Crippen molar-refractivity contribution in [3.8, 4) is 5.75 Å². The molecule has 2 aromatic rings. The molecule has 0 spiro atoms. The number of nitrogens with zero attached hydrogens (tertiary/aromatic N) is 1. The summed E-state index contributed by atoms with van der Waals surface area (Å²) in [6, 6.07) is 8.25. The van der Waals surface area contributed by atoms with Gasteiger partial charge in [-0.3, -0.25) is 0 Å². The molecule has 0 atom stereocenters. The molecule has 3 nitrogen and oxygen atoms in total. The number of aryl methyl sites for hydroxylation is 2. The second-order valence-electron chi connectivity index (χ2n) is 4.49. The fraction of sp³-hybridized carbons (Fsp3) is 0.357. The minimum atomic E-state index is 0.217. The van der Waals surface area contributed by atoms with Crippen LogP contribution in [0.1, 0.15) is 25.1 Å². The van der Waals surface area contributed by atoms with Crippen molar-refractivity contribution in [3.63, 3.8) is 0 Å². The monoisotopic (exact) mass is 262 g/mol. The van der Waals surface area contributed by atoms with Crippen LogP contribution in [0.5, 0.6) is 5.75 Å². The molecule has 0 bridgehead atoms. The highest BCUT2D eigenvalue weighted by atomic mass is 32.1. The number of nitrogens with two attached hydrogens (primary N) is 1. The minimum absolute atomic E-state index is 0.217. The normalized spacial score (nSPS) is 10.8. The molecule has 0 fully saturated rings. The lowest BCUT2D eigenvalue weighted by Gasteiger charge is -2.09. The van der Waals surface area contributed by atoms with Gasteiger partial charge in [0.25, 0.3) is 0 Å². The zero-order valence-corrected chi connectivity index (χ0v) is 11.5. The molecule has 1 aromatic heterocycles. The van der Waals surface area contributed by atoms with E-state index < -0.39 is 0 Å². The molecule has 2 N–H and O–H groups in total. The predicted octanol–water partition coefficient (Wildman–Crippen LogP) is 3.30. The van der Waals surface area contributed by atoms with E-state index >= 15 is 0 Å². The SMILES string of the molecule is CC(C)Oc1ccc(CCc2csc(N)n2)cc1. The van der Waals surface area contributed by atoms with Gasteiger partial charge < -0.3 is 10.5 Å².